The molecule has 2 aromatic carbocycles. The lowest BCUT2D eigenvalue weighted by atomic mass is 10.1. The van der Waals surface area contributed by atoms with Gasteiger partial charge in [0.15, 0.2) is 0 Å². The summed E-state index contributed by atoms with van der Waals surface area (Å²) in [5.74, 6) is 0.478. The maximum absolute atomic E-state index is 12.3. The van der Waals surface area contributed by atoms with E-state index in [1.165, 1.54) is 4.90 Å². The van der Waals surface area contributed by atoms with Gasteiger partial charge in [0.1, 0.15) is 12.3 Å². The first-order chi connectivity index (χ1) is 13.3. The van der Waals surface area contributed by atoms with E-state index in [0.29, 0.717) is 18.0 Å². The van der Waals surface area contributed by atoms with Crippen LogP contribution >= 0.6 is 11.6 Å². The summed E-state index contributed by atoms with van der Waals surface area (Å²) in [4.78, 5) is 25.9. The zero-order chi connectivity index (χ0) is 20.7. The standard InChI is InChI=1S/C21H26ClN3O3/c1-14-6-5-7-15(2)20(14)24-19(26)13-25(3)21(27)23-11-10-16-12-17(22)8-9-18(16)28-4/h5-9,12H,10-11,13H2,1-4H3,(H,23,27)(H,24,26). The molecule has 28 heavy (non-hydrogen) atoms. The van der Waals surface area contributed by atoms with Gasteiger partial charge in [-0.25, -0.2) is 4.79 Å². The van der Waals surface area contributed by atoms with Gasteiger partial charge in [0.05, 0.1) is 7.11 Å². The summed E-state index contributed by atoms with van der Waals surface area (Å²) in [5, 5.41) is 6.29. The number of hydrogen-bond donors (Lipinski definition) is 2. The summed E-state index contributed by atoms with van der Waals surface area (Å²) < 4.78 is 5.30. The minimum Gasteiger partial charge on any atom is -0.496 e. The van der Waals surface area contributed by atoms with Gasteiger partial charge in [-0.05, 0) is 55.2 Å². The van der Waals surface area contributed by atoms with Crippen LogP contribution in [0, 0.1) is 13.8 Å². The molecule has 0 spiro atoms. The van der Waals surface area contributed by atoms with E-state index < -0.39 is 0 Å². The van der Waals surface area contributed by atoms with Crippen molar-refractivity contribution in [2.24, 2.45) is 0 Å². The normalized spacial score (nSPS) is 10.3. The van der Waals surface area contributed by atoms with Gasteiger partial charge >= 0.3 is 6.03 Å². The Morgan fingerprint density at radius 3 is 2.46 bits per heavy atom. The SMILES string of the molecule is COc1ccc(Cl)cc1CCNC(=O)N(C)CC(=O)Nc1c(C)cccc1C. The lowest BCUT2D eigenvalue weighted by Crippen LogP contribution is -2.42. The van der Waals surface area contributed by atoms with Gasteiger partial charge in [-0.1, -0.05) is 29.8 Å². The van der Waals surface area contributed by atoms with Gasteiger partial charge in [-0.15, -0.1) is 0 Å². The Kier molecular flexibility index (Phi) is 7.70. The molecule has 2 rings (SSSR count). The van der Waals surface area contributed by atoms with E-state index in [9.17, 15) is 9.59 Å². The Hall–Kier alpha value is -2.73. The second kappa shape index (κ2) is 9.99. The number of aryl methyl sites for hydroxylation is 2. The molecule has 0 aromatic heterocycles. The van der Waals surface area contributed by atoms with Crippen LogP contribution in [0.15, 0.2) is 36.4 Å². The highest BCUT2D eigenvalue weighted by Crippen LogP contribution is 2.23. The Labute approximate surface area is 170 Å². The molecule has 0 heterocycles. The number of hydrogen-bond acceptors (Lipinski definition) is 3. The molecule has 0 aliphatic heterocycles. The number of carbonyl (C=O) groups excluding carboxylic acids is 2. The molecule has 0 fully saturated rings. The van der Waals surface area contributed by atoms with Crippen LogP contribution < -0.4 is 15.4 Å². The first kappa shape index (κ1) is 21.6. The maximum Gasteiger partial charge on any atom is 0.317 e. The Morgan fingerprint density at radius 2 is 1.82 bits per heavy atom. The first-order valence-electron chi connectivity index (χ1n) is 8.99. The highest BCUT2D eigenvalue weighted by atomic mass is 35.5. The van der Waals surface area contributed by atoms with Gasteiger partial charge in [-0.2, -0.15) is 0 Å². The molecule has 2 N–H and O–H groups in total. The third kappa shape index (κ3) is 5.89. The predicted molar refractivity (Wildman–Crippen MR) is 112 cm³/mol. The van der Waals surface area contributed by atoms with Gasteiger partial charge in [-0.3, -0.25) is 4.79 Å². The van der Waals surface area contributed by atoms with Crippen molar-refractivity contribution < 1.29 is 14.3 Å². The highest BCUT2D eigenvalue weighted by Gasteiger charge is 2.14. The lowest BCUT2D eigenvalue weighted by molar-refractivity contribution is -0.116. The van der Waals surface area contributed by atoms with Crippen molar-refractivity contribution in [2.45, 2.75) is 20.3 Å². The van der Waals surface area contributed by atoms with Crippen molar-refractivity contribution in [1.29, 1.82) is 0 Å². The number of nitrogens with zero attached hydrogens (tertiary/aromatic N) is 1. The second-order valence-corrected chi connectivity index (χ2v) is 7.05. The van der Waals surface area contributed by atoms with E-state index in [1.807, 2.05) is 38.1 Å². The van der Waals surface area contributed by atoms with Crippen molar-refractivity contribution in [3.63, 3.8) is 0 Å². The molecule has 0 aliphatic rings. The average molecular weight is 404 g/mol. The van der Waals surface area contributed by atoms with Crippen molar-refractivity contribution >= 4 is 29.2 Å². The van der Waals surface area contributed by atoms with Crippen molar-refractivity contribution in [2.75, 3.05) is 32.6 Å². The number of carbonyl (C=O) groups is 2. The third-order valence-corrected chi connectivity index (χ3v) is 4.62. The van der Waals surface area contributed by atoms with Gasteiger partial charge in [0.25, 0.3) is 0 Å². The van der Waals surface area contributed by atoms with Crippen LogP contribution in [-0.4, -0.2) is 44.1 Å². The molecular weight excluding hydrogens is 378 g/mol. The van der Waals surface area contributed by atoms with Crippen LogP contribution in [0.4, 0.5) is 10.5 Å². The predicted octanol–water partition coefficient (Wildman–Crippen LogP) is 3.79. The summed E-state index contributed by atoms with van der Waals surface area (Å²) in [6.45, 7) is 4.23. The summed E-state index contributed by atoms with van der Waals surface area (Å²) in [7, 11) is 3.17. The zero-order valence-corrected chi connectivity index (χ0v) is 17.4. The van der Waals surface area contributed by atoms with Crippen LogP contribution in [-0.2, 0) is 11.2 Å². The largest absolute Gasteiger partial charge is 0.496 e. The number of para-hydroxylation sites is 1. The van der Waals surface area contributed by atoms with Crippen LogP contribution in [0.3, 0.4) is 0 Å². The molecule has 0 unspecified atom stereocenters. The van der Waals surface area contributed by atoms with Crippen LogP contribution in [0.5, 0.6) is 5.75 Å². The quantitative estimate of drug-likeness (QED) is 0.738. The summed E-state index contributed by atoms with van der Waals surface area (Å²) in [6, 6.07) is 10.8. The van der Waals surface area contributed by atoms with Crippen LogP contribution in [0.1, 0.15) is 16.7 Å². The summed E-state index contributed by atoms with van der Waals surface area (Å²) in [6.07, 6.45) is 0.567. The zero-order valence-electron chi connectivity index (χ0n) is 16.6. The number of urea groups is 1. The van der Waals surface area contributed by atoms with E-state index in [-0.39, 0.29) is 18.5 Å². The number of benzene rings is 2. The number of anilines is 1. The van der Waals surface area contributed by atoms with Gasteiger partial charge in [0, 0.05) is 24.3 Å². The number of halogens is 1. The molecule has 3 amide bonds. The van der Waals surface area contributed by atoms with E-state index in [1.54, 1.807) is 26.3 Å². The van der Waals surface area contributed by atoms with Gasteiger partial charge < -0.3 is 20.3 Å². The number of rotatable bonds is 7. The van der Waals surface area contributed by atoms with Crippen molar-refractivity contribution in [1.82, 2.24) is 10.2 Å². The number of ether oxygens (including phenoxy) is 1. The molecule has 0 aliphatic carbocycles. The Bertz CT molecular complexity index is 835. The first-order valence-corrected chi connectivity index (χ1v) is 9.37. The lowest BCUT2D eigenvalue weighted by Gasteiger charge is -2.19. The molecule has 0 saturated heterocycles. The Morgan fingerprint density at radius 1 is 1.14 bits per heavy atom. The number of methoxy groups -OCH3 is 1. The molecular formula is C21H26ClN3O3. The number of likely N-dealkylation sites (N-methyl/N-ethyl adjacent to an activating group) is 1. The Balaban J connectivity index is 1.84. The average Bonchev–Trinajstić information content (AvgIpc) is 2.65. The molecule has 0 radical (unpaired) electrons. The van der Waals surface area contributed by atoms with Crippen LogP contribution in [0.25, 0.3) is 0 Å². The fourth-order valence-corrected chi connectivity index (χ4v) is 3.05. The second-order valence-electron chi connectivity index (χ2n) is 6.61. The van der Waals surface area contributed by atoms with E-state index in [4.69, 9.17) is 16.3 Å². The molecule has 0 saturated carbocycles. The summed E-state index contributed by atoms with van der Waals surface area (Å²) >= 11 is 6.02. The van der Waals surface area contributed by atoms with Crippen LogP contribution in [0.2, 0.25) is 5.02 Å². The molecule has 150 valence electrons. The molecule has 0 bridgehead atoms. The molecule has 0 atom stereocenters. The molecule has 2 aromatic rings. The smallest absolute Gasteiger partial charge is 0.317 e. The minimum atomic E-state index is -0.322. The van der Waals surface area contributed by atoms with Gasteiger partial charge in [0.2, 0.25) is 5.91 Å². The van der Waals surface area contributed by atoms with E-state index in [0.717, 1.165) is 28.1 Å². The van der Waals surface area contributed by atoms with Crippen molar-refractivity contribution in [3.05, 3.63) is 58.1 Å². The highest BCUT2D eigenvalue weighted by molar-refractivity contribution is 6.30. The fourth-order valence-electron chi connectivity index (χ4n) is 2.86. The fraction of sp³-hybridized carbons (Fsp3) is 0.333. The van der Waals surface area contributed by atoms with E-state index in [2.05, 4.69) is 10.6 Å². The maximum atomic E-state index is 12.3. The minimum absolute atomic E-state index is 0.0416. The molecule has 6 nitrogen and oxygen atoms in total. The number of amides is 3. The summed E-state index contributed by atoms with van der Waals surface area (Å²) in [5.41, 5.74) is 3.66. The third-order valence-electron chi connectivity index (χ3n) is 4.39. The molecule has 7 heteroatoms. The monoisotopic (exact) mass is 403 g/mol. The number of nitrogens with one attached hydrogen (secondary N) is 2. The van der Waals surface area contributed by atoms with Crippen molar-refractivity contribution in [3.8, 4) is 5.75 Å². The van der Waals surface area contributed by atoms with E-state index >= 15 is 0 Å². The topological polar surface area (TPSA) is 70.7 Å².